The summed E-state index contributed by atoms with van der Waals surface area (Å²) >= 11 is 0. The van der Waals surface area contributed by atoms with E-state index in [1.54, 1.807) is 38.1 Å². The molecule has 0 bridgehead atoms. The minimum atomic E-state index is -1.17. The van der Waals surface area contributed by atoms with E-state index < -0.39 is 17.8 Å². The maximum absolute atomic E-state index is 11.9. The van der Waals surface area contributed by atoms with E-state index in [1.165, 1.54) is 0 Å². The number of para-hydroxylation sites is 1. The van der Waals surface area contributed by atoms with Crippen LogP contribution in [0.5, 0.6) is 0 Å². The van der Waals surface area contributed by atoms with Crippen molar-refractivity contribution in [3.8, 4) is 6.07 Å². The summed E-state index contributed by atoms with van der Waals surface area (Å²) in [4.78, 5) is 22.9. The third kappa shape index (κ3) is 3.08. The van der Waals surface area contributed by atoms with Crippen molar-refractivity contribution in [2.24, 2.45) is 11.8 Å². The van der Waals surface area contributed by atoms with Gasteiger partial charge in [-0.3, -0.25) is 9.59 Å². The molecule has 0 aliphatic rings. The Labute approximate surface area is 105 Å². The Morgan fingerprint density at radius 3 is 2.44 bits per heavy atom. The van der Waals surface area contributed by atoms with Crippen LogP contribution < -0.4 is 5.32 Å². The molecule has 1 amide bonds. The number of nitriles is 1. The normalized spacial score (nSPS) is 11.7. The van der Waals surface area contributed by atoms with Gasteiger partial charge in [0.2, 0.25) is 5.91 Å². The zero-order valence-electron chi connectivity index (χ0n) is 10.2. The highest BCUT2D eigenvalue weighted by Crippen LogP contribution is 2.18. The maximum Gasteiger partial charge on any atom is 0.316 e. The molecule has 5 nitrogen and oxygen atoms in total. The van der Waals surface area contributed by atoms with Crippen molar-refractivity contribution < 1.29 is 14.7 Å². The fourth-order valence-electron chi connectivity index (χ4n) is 1.60. The van der Waals surface area contributed by atoms with Crippen LogP contribution in [0.1, 0.15) is 19.4 Å². The third-order valence-electron chi connectivity index (χ3n) is 2.52. The highest BCUT2D eigenvalue weighted by Gasteiger charge is 2.29. The fourth-order valence-corrected chi connectivity index (χ4v) is 1.60. The minimum Gasteiger partial charge on any atom is -0.481 e. The molecule has 0 aromatic heterocycles. The van der Waals surface area contributed by atoms with Crippen molar-refractivity contribution in [2.75, 3.05) is 5.32 Å². The minimum absolute atomic E-state index is 0.304. The lowest BCUT2D eigenvalue weighted by molar-refractivity contribution is -0.147. The van der Waals surface area contributed by atoms with Crippen molar-refractivity contribution in [1.82, 2.24) is 0 Å². The summed E-state index contributed by atoms with van der Waals surface area (Å²) in [6, 6.07) is 8.40. The van der Waals surface area contributed by atoms with Gasteiger partial charge < -0.3 is 10.4 Å². The first-order valence-electron chi connectivity index (χ1n) is 5.50. The topological polar surface area (TPSA) is 90.2 Å². The van der Waals surface area contributed by atoms with Crippen molar-refractivity contribution in [2.45, 2.75) is 13.8 Å². The molecular formula is C13H14N2O3. The summed E-state index contributed by atoms with van der Waals surface area (Å²) in [7, 11) is 0. The number of carbonyl (C=O) groups is 2. The monoisotopic (exact) mass is 246 g/mol. The predicted octanol–water partition coefficient (Wildman–Crippen LogP) is 1.85. The van der Waals surface area contributed by atoms with Crippen LogP contribution in [-0.4, -0.2) is 17.0 Å². The molecule has 0 aliphatic carbocycles. The number of hydrogen-bond donors (Lipinski definition) is 2. The average molecular weight is 246 g/mol. The summed E-state index contributed by atoms with van der Waals surface area (Å²) in [6.45, 7) is 3.32. The quantitative estimate of drug-likeness (QED) is 0.793. The zero-order chi connectivity index (χ0) is 13.7. The van der Waals surface area contributed by atoms with Crippen molar-refractivity contribution >= 4 is 17.6 Å². The molecule has 1 rings (SSSR count). The van der Waals surface area contributed by atoms with Crippen LogP contribution in [0, 0.1) is 23.2 Å². The van der Waals surface area contributed by atoms with Gasteiger partial charge >= 0.3 is 5.97 Å². The van der Waals surface area contributed by atoms with Gasteiger partial charge in [0, 0.05) is 0 Å². The van der Waals surface area contributed by atoms with Crippen LogP contribution in [-0.2, 0) is 9.59 Å². The zero-order valence-corrected chi connectivity index (χ0v) is 10.2. The van der Waals surface area contributed by atoms with E-state index in [1.807, 2.05) is 6.07 Å². The Morgan fingerprint density at radius 1 is 1.33 bits per heavy atom. The highest BCUT2D eigenvalue weighted by atomic mass is 16.4. The molecule has 0 heterocycles. The van der Waals surface area contributed by atoms with Crippen LogP contribution in [0.3, 0.4) is 0 Å². The summed E-state index contributed by atoms with van der Waals surface area (Å²) < 4.78 is 0. The van der Waals surface area contributed by atoms with Gasteiger partial charge in [-0.05, 0) is 18.1 Å². The first-order chi connectivity index (χ1) is 8.47. The molecule has 1 aromatic carbocycles. The van der Waals surface area contributed by atoms with E-state index in [4.69, 9.17) is 10.4 Å². The molecule has 0 aliphatic heterocycles. The molecule has 1 unspecified atom stereocenters. The number of rotatable bonds is 4. The van der Waals surface area contributed by atoms with Crippen LogP contribution in [0.4, 0.5) is 5.69 Å². The molecule has 0 saturated carbocycles. The molecule has 2 N–H and O–H groups in total. The van der Waals surface area contributed by atoms with Crippen LogP contribution in [0.25, 0.3) is 0 Å². The van der Waals surface area contributed by atoms with Gasteiger partial charge in [0.1, 0.15) is 12.0 Å². The number of anilines is 1. The second kappa shape index (κ2) is 5.82. The number of aliphatic carboxylic acids is 1. The first-order valence-corrected chi connectivity index (χ1v) is 5.50. The van der Waals surface area contributed by atoms with Gasteiger partial charge in [0.25, 0.3) is 0 Å². The summed E-state index contributed by atoms with van der Waals surface area (Å²) in [5.74, 6) is -3.23. The van der Waals surface area contributed by atoms with Crippen LogP contribution in [0.2, 0.25) is 0 Å². The smallest absolute Gasteiger partial charge is 0.316 e. The molecule has 0 spiro atoms. The lowest BCUT2D eigenvalue weighted by Crippen LogP contribution is -2.33. The molecule has 94 valence electrons. The van der Waals surface area contributed by atoms with Gasteiger partial charge in [0.15, 0.2) is 0 Å². The lowest BCUT2D eigenvalue weighted by atomic mass is 9.95. The van der Waals surface area contributed by atoms with E-state index in [9.17, 15) is 9.59 Å². The van der Waals surface area contributed by atoms with Crippen LogP contribution in [0.15, 0.2) is 24.3 Å². The van der Waals surface area contributed by atoms with Gasteiger partial charge in [0.05, 0.1) is 11.3 Å². The van der Waals surface area contributed by atoms with E-state index in [-0.39, 0.29) is 5.92 Å². The van der Waals surface area contributed by atoms with Gasteiger partial charge in [-0.25, -0.2) is 0 Å². The SMILES string of the molecule is CC(C)C(C(=O)O)C(=O)Nc1ccccc1C#N. The molecule has 18 heavy (non-hydrogen) atoms. The molecule has 0 radical (unpaired) electrons. The largest absolute Gasteiger partial charge is 0.481 e. The Balaban J connectivity index is 2.94. The molecule has 0 saturated heterocycles. The molecular weight excluding hydrogens is 232 g/mol. The number of carboxylic acids is 1. The van der Waals surface area contributed by atoms with E-state index in [0.29, 0.717) is 11.3 Å². The number of nitrogens with zero attached hydrogens (tertiary/aromatic N) is 1. The highest BCUT2D eigenvalue weighted by molar-refractivity contribution is 6.04. The third-order valence-corrected chi connectivity index (χ3v) is 2.52. The van der Waals surface area contributed by atoms with Crippen LogP contribution >= 0.6 is 0 Å². The predicted molar refractivity (Wildman–Crippen MR) is 65.8 cm³/mol. The molecule has 5 heteroatoms. The Bertz CT molecular complexity index is 503. The summed E-state index contributed by atoms with van der Waals surface area (Å²) in [5.41, 5.74) is 0.635. The Morgan fingerprint density at radius 2 is 1.94 bits per heavy atom. The average Bonchev–Trinajstić information content (AvgIpc) is 2.28. The van der Waals surface area contributed by atoms with Crippen molar-refractivity contribution in [1.29, 1.82) is 5.26 Å². The molecule has 1 atom stereocenters. The number of carboxylic acid groups (broad SMARTS) is 1. The van der Waals surface area contributed by atoms with E-state index >= 15 is 0 Å². The van der Waals surface area contributed by atoms with E-state index in [2.05, 4.69) is 5.32 Å². The second-order valence-corrected chi connectivity index (χ2v) is 4.21. The fraction of sp³-hybridized carbons (Fsp3) is 0.308. The standard InChI is InChI=1S/C13H14N2O3/c1-8(2)11(13(17)18)12(16)15-10-6-4-3-5-9(10)7-14/h3-6,8,11H,1-2H3,(H,15,16)(H,17,18). The Hall–Kier alpha value is -2.35. The molecule has 0 fully saturated rings. The summed E-state index contributed by atoms with van der Waals surface area (Å²) in [5, 5.41) is 20.3. The van der Waals surface area contributed by atoms with Crippen molar-refractivity contribution in [3.63, 3.8) is 0 Å². The number of amides is 1. The van der Waals surface area contributed by atoms with E-state index in [0.717, 1.165) is 0 Å². The number of carbonyl (C=O) groups excluding carboxylic acids is 1. The van der Waals surface area contributed by atoms with Gasteiger partial charge in [-0.15, -0.1) is 0 Å². The van der Waals surface area contributed by atoms with Crippen molar-refractivity contribution in [3.05, 3.63) is 29.8 Å². The lowest BCUT2D eigenvalue weighted by Gasteiger charge is -2.16. The maximum atomic E-state index is 11.9. The second-order valence-electron chi connectivity index (χ2n) is 4.21. The number of nitrogens with one attached hydrogen (secondary N) is 1. The Kier molecular flexibility index (Phi) is 4.44. The number of hydrogen-bond acceptors (Lipinski definition) is 3. The number of benzene rings is 1. The summed E-state index contributed by atoms with van der Waals surface area (Å²) in [6.07, 6.45) is 0. The first kappa shape index (κ1) is 13.7. The van der Waals surface area contributed by atoms with Gasteiger partial charge in [-0.1, -0.05) is 26.0 Å². The van der Waals surface area contributed by atoms with Gasteiger partial charge in [-0.2, -0.15) is 5.26 Å². The molecule has 1 aromatic rings.